The highest BCUT2D eigenvalue weighted by Crippen LogP contribution is 2.11. The second kappa shape index (κ2) is 11.5. The lowest BCUT2D eigenvalue weighted by Crippen LogP contribution is -2.47. The van der Waals surface area contributed by atoms with Crippen molar-refractivity contribution in [2.45, 2.75) is 46.1 Å². The summed E-state index contributed by atoms with van der Waals surface area (Å²) in [6.45, 7) is 10.6. The topological polar surface area (TPSA) is 45.7 Å². The van der Waals surface area contributed by atoms with Gasteiger partial charge in [-0.15, -0.1) is 24.0 Å². The lowest BCUT2D eigenvalue weighted by Gasteiger charge is -2.23. The Balaban J connectivity index is 0.00000484. The van der Waals surface area contributed by atoms with E-state index in [9.17, 15) is 4.39 Å². The zero-order valence-electron chi connectivity index (χ0n) is 14.5. The second-order valence-corrected chi connectivity index (χ2v) is 6.15. The fourth-order valence-electron chi connectivity index (χ4n) is 1.79. The fourth-order valence-corrected chi connectivity index (χ4v) is 1.79. The molecule has 4 nitrogen and oxygen atoms in total. The summed E-state index contributed by atoms with van der Waals surface area (Å²) in [4.78, 5) is 4.54. The summed E-state index contributed by atoms with van der Waals surface area (Å²) >= 11 is 0. The van der Waals surface area contributed by atoms with E-state index < -0.39 is 0 Å². The highest BCUT2D eigenvalue weighted by atomic mass is 127. The second-order valence-electron chi connectivity index (χ2n) is 6.15. The summed E-state index contributed by atoms with van der Waals surface area (Å²) in [7, 11) is 0. The average Bonchev–Trinajstić information content (AvgIpc) is 2.43. The molecule has 23 heavy (non-hydrogen) atoms. The number of hydrogen-bond acceptors (Lipinski definition) is 2. The predicted octanol–water partition coefficient (Wildman–Crippen LogP) is 3.96. The first-order valence-corrected chi connectivity index (χ1v) is 7.85. The molecule has 0 saturated carbocycles. The Morgan fingerprint density at radius 3 is 2.39 bits per heavy atom. The first kappa shape index (κ1) is 21.9. The van der Waals surface area contributed by atoms with Gasteiger partial charge in [0.05, 0.1) is 6.61 Å². The van der Waals surface area contributed by atoms with E-state index in [0.29, 0.717) is 12.4 Å². The number of guanidine groups is 1. The minimum absolute atomic E-state index is 0. The molecule has 1 aromatic rings. The van der Waals surface area contributed by atoms with Crippen LogP contribution in [-0.4, -0.2) is 31.2 Å². The molecule has 0 atom stereocenters. The Bertz CT molecular complexity index is 458. The third-order valence-corrected chi connectivity index (χ3v) is 2.74. The normalized spacial score (nSPS) is 11.6. The van der Waals surface area contributed by atoms with Crippen LogP contribution < -0.4 is 15.4 Å². The molecule has 0 aromatic heterocycles. The van der Waals surface area contributed by atoms with Gasteiger partial charge < -0.3 is 15.4 Å². The number of unbranched alkanes of at least 4 members (excludes halogenated alkanes) is 1. The maximum absolute atomic E-state index is 12.7. The van der Waals surface area contributed by atoms with Crippen LogP contribution in [0.2, 0.25) is 0 Å². The number of aliphatic imine (C=N–C) groups is 1. The minimum Gasteiger partial charge on any atom is -0.494 e. The van der Waals surface area contributed by atoms with Gasteiger partial charge >= 0.3 is 0 Å². The molecule has 0 aliphatic heterocycles. The molecular formula is C17H29FIN3O. The van der Waals surface area contributed by atoms with Gasteiger partial charge in [0.25, 0.3) is 0 Å². The van der Waals surface area contributed by atoms with Crippen LogP contribution in [0.15, 0.2) is 29.3 Å². The molecule has 0 aliphatic rings. The van der Waals surface area contributed by atoms with Gasteiger partial charge in [-0.05, 0) is 64.8 Å². The summed E-state index contributed by atoms with van der Waals surface area (Å²) in [6, 6.07) is 6.09. The number of ether oxygens (including phenoxy) is 1. The zero-order valence-corrected chi connectivity index (χ0v) is 16.8. The van der Waals surface area contributed by atoms with Crippen molar-refractivity contribution in [3.8, 4) is 5.75 Å². The standard InChI is InChI=1S/C17H28FN3O.HI/c1-5-19-16(21-17(2,3)4)20-12-6-7-13-22-15-10-8-14(18)9-11-15;/h8-11H,5-7,12-13H2,1-4H3,(H2,19,20,21);1H. The largest absolute Gasteiger partial charge is 0.494 e. The Hall–Kier alpha value is -1.05. The molecule has 0 spiro atoms. The summed E-state index contributed by atoms with van der Waals surface area (Å²) < 4.78 is 18.3. The predicted molar refractivity (Wildman–Crippen MR) is 105 cm³/mol. The van der Waals surface area contributed by atoms with Gasteiger partial charge in [-0.2, -0.15) is 0 Å². The lowest BCUT2D eigenvalue weighted by molar-refractivity contribution is 0.307. The van der Waals surface area contributed by atoms with Gasteiger partial charge in [0.1, 0.15) is 11.6 Å². The third kappa shape index (κ3) is 11.2. The molecule has 132 valence electrons. The Labute approximate surface area is 156 Å². The molecule has 2 N–H and O–H groups in total. The maximum Gasteiger partial charge on any atom is 0.191 e. The van der Waals surface area contributed by atoms with Crippen LogP contribution in [0.25, 0.3) is 0 Å². The van der Waals surface area contributed by atoms with Crippen LogP contribution in [0.3, 0.4) is 0 Å². The van der Waals surface area contributed by atoms with Crippen molar-refractivity contribution in [1.29, 1.82) is 0 Å². The van der Waals surface area contributed by atoms with Gasteiger partial charge in [0.15, 0.2) is 5.96 Å². The first-order chi connectivity index (χ1) is 10.4. The van der Waals surface area contributed by atoms with E-state index in [1.54, 1.807) is 12.1 Å². The summed E-state index contributed by atoms with van der Waals surface area (Å²) in [6.07, 6.45) is 1.86. The molecule has 6 heteroatoms. The van der Waals surface area contributed by atoms with Gasteiger partial charge in [-0.3, -0.25) is 4.99 Å². The number of benzene rings is 1. The van der Waals surface area contributed by atoms with Gasteiger partial charge in [0, 0.05) is 18.6 Å². The van der Waals surface area contributed by atoms with Crippen LogP contribution in [0.4, 0.5) is 4.39 Å². The van der Waals surface area contributed by atoms with Crippen molar-refractivity contribution >= 4 is 29.9 Å². The number of halogens is 2. The van der Waals surface area contributed by atoms with Crippen molar-refractivity contribution in [3.05, 3.63) is 30.1 Å². The van der Waals surface area contributed by atoms with Gasteiger partial charge in [-0.1, -0.05) is 0 Å². The Morgan fingerprint density at radius 1 is 1.17 bits per heavy atom. The SMILES string of the molecule is CCNC(=NCCCCOc1ccc(F)cc1)NC(C)(C)C.I. The summed E-state index contributed by atoms with van der Waals surface area (Å²) in [5.74, 6) is 1.30. The van der Waals surface area contributed by atoms with Crippen LogP contribution in [-0.2, 0) is 0 Å². The molecule has 0 radical (unpaired) electrons. The average molecular weight is 437 g/mol. The third-order valence-electron chi connectivity index (χ3n) is 2.74. The van der Waals surface area contributed by atoms with Crippen LogP contribution in [0.1, 0.15) is 40.5 Å². The maximum atomic E-state index is 12.7. The lowest BCUT2D eigenvalue weighted by atomic mass is 10.1. The minimum atomic E-state index is -0.246. The fraction of sp³-hybridized carbons (Fsp3) is 0.588. The van der Waals surface area contributed by atoms with E-state index in [1.165, 1.54) is 12.1 Å². The van der Waals surface area contributed by atoms with E-state index in [1.807, 2.05) is 0 Å². The monoisotopic (exact) mass is 437 g/mol. The van der Waals surface area contributed by atoms with Crippen molar-refractivity contribution < 1.29 is 9.13 Å². The molecule has 0 unspecified atom stereocenters. The van der Waals surface area contributed by atoms with Crippen molar-refractivity contribution in [3.63, 3.8) is 0 Å². The summed E-state index contributed by atoms with van der Waals surface area (Å²) in [5, 5.41) is 6.58. The van der Waals surface area contributed by atoms with E-state index in [4.69, 9.17) is 4.74 Å². The quantitative estimate of drug-likeness (QED) is 0.294. The molecule has 0 saturated heterocycles. The molecule has 1 rings (SSSR count). The molecular weight excluding hydrogens is 408 g/mol. The number of nitrogens with one attached hydrogen (secondary N) is 2. The highest BCUT2D eigenvalue weighted by molar-refractivity contribution is 14.0. The van der Waals surface area contributed by atoms with Gasteiger partial charge in [-0.25, -0.2) is 4.39 Å². The van der Waals surface area contributed by atoms with Crippen molar-refractivity contribution in [2.24, 2.45) is 4.99 Å². The molecule has 0 fully saturated rings. The Morgan fingerprint density at radius 2 is 1.83 bits per heavy atom. The van der Waals surface area contributed by atoms with E-state index in [2.05, 4.69) is 43.3 Å². The number of rotatable bonds is 7. The van der Waals surface area contributed by atoms with E-state index in [0.717, 1.165) is 31.9 Å². The Kier molecular flexibility index (Phi) is 11.0. The van der Waals surface area contributed by atoms with Crippen LogP contribution in [0, 0.1) is 5.82 Å². The zero-order chi connectivity index (χ0) is 16.4. The molecule has 1 aromatic carbocycles. The van der Waals surface area contributed by atoms with Crippen molar-refractivity contribution in [2.75, 3.05) is 19.7 Å². The van der Waals surface area contributed by atoms with Crippen LogP contribution in [0.5, 0.6) is 5.75 Å². The number of hydrogen-bond donors (Lipinski definition) is 2. The first-order valence-electron chi connectivity index (χ1n) is 7.85. The van der Waals surface area contributed by atoms with Gasteiger partial charge in [0.2, 0.25) is 0 Å². The molecule has 0 aliphatic carbocycles. The van der Waals surface area contributed by atoms with E-state index in [-0.39, 0.29) is 35.3 Å². The smallest absolute Gasteiger partial charge is 0.191 e. The number of nitrogens with zero attached hydrogens (tertiary/aromatic N) is 1. The molecule has 0 bridgehead atoms. The highest BCUT2D eigenvalue weighted by Gasteiger charge is 2.11. The van der Waals surface area contributed by atoms with Crippen LogP contribution >= 0.6 is 24.0 Å². The van der Waals surface area contributed by atoms with Crippen molar-refractivity contribution in [1.82, 2.24) is 10.6 Å². The summed E-state index contributed by atoms with van der Waals surface area (Å²) in [5.41, 5.74) is -0.00724. The van der Waals surface area contributed by atoms with E-state index >= 15 is 0 Å². The molecule has 0 amide bonds. The molecule has 0 heterocycles.